The summed E-state index contributed by atoms with van der Waals surface area (Å²) >= 11 is 0. The standard InChI is InChI=1S/C18H22N2/c1-2-19-12-6-5-7-14-10-11-18-16(13-14)15-8-3-4-9-17(15)20-18/h3-4,8-11,13,19-20H,2,5-7,12H2,1H3. The Bertz CT molecular complexity index is 697. The SMILES string of the molecule is CCNCCCCc1ccc2[nH]c3ccccc3c2c1. The lowest BCUT2D eigenvalue weighted by Crippen LogP contribution is -2.13. The summed E-state index contributed by atoms with van der Waals surface area (Å²) in [6, 6.07) is 15.4. The molecule has 0 spiro atoms. The van der Waals surface area contributed by atoms with Crippen molar-refractivity contribution < 1.29 is 0 Å². The fraction of sp³-hybridized carbons (Fsp3) is 0.333. The number of benzene rings is 2. The average Bonchev–Trinajstić information content (AvgIpc) is 2.85. The van der Waals surface area contributed by atoms with E-state index in [1.165, 1.54) is 46.6 Å². The summed E-state index contributed by atoms with van der Waals surface area (Å²) < 4.78 is 0. The van der Waals surface area contributed by atoms with Gasteiger partial charge in [0.15, 0.2) is 0 Å². The van der Waals surface area contributed by atoms with Gasteiger partial charge in [0.05, 0.1) is 0 Å². The van der Waals surface area contributed by atoms with Crippen molar-refractivity contribution in [2.75, 3.05) is 13.1 Å². The van der Waals surface area contributed by atoms with Gasteiger partial charge in [-0.3, -0.25) is 0 Å². The van der Waals surface area contributed by atoms with Gasteiger partial charge in [-0.1, -0.05) is 31.2 Å². The number of hydrogen-bond acceptors (Lipinski definition) is 1. The highest BCUT2D eigenvalue weighted by atomic mass is 14.8. The van der Waals surface area contributed by atoms with Crippen molar-refractivity contribution in [3.8, 4) is 0 Å². The Morgan fingerprint density at radius 1 is 0.950 bits per heavy atom. The smallest absolute Gasteiger partial charge is 0.0465 e. The lowest BCUT2D eigenvalue weighted by Gasteiger charge is -2.03. The molecular formula is C18H22N2. The molecule has 0 aliphatic carbocycles. The molecule has 0 aliphatic rings. The van der Waals surface area contributed by atoms with Crippen LogP contribution in [0.15, 0.2) is 42.5 Å². The molecule has 2 aromatic carbocycles. The van der Waals surface area contributed by atoms with Gasteiger partial charge in [-0.15, -0.1) is 0 Å². The number of rotatable bonds is 6. The molecule has 0 radical (unpaired) electrons. The van der Waals surface area contributed by atoms with Gasteiger partial charge in [0.2, 0.25) is 0 Å². The van der Waals surface area contributed by atoms with Crippen LogP contribution in [0.4, 0.5) is 0 Å². The molecule has 0 amide bonds. The van der Waals surface area contributed by atoms with E-state index in [2.05, 4.69) is 59.7 Å². The third-order valence-electron chi connectivity index (χ3n) is 3.89. The number of para-hydroxylation sites is 1. The van der Waals surface area contributed by atoms with Crippen LogP contribution < -0.4 is 5.32 Å². The van der Waals surface area contributed by atoms with Gasteiger partial charge in [-0.2, -0.15) is 0 Å². The Hall–Kier alpha value is -1.80. The number of fused-ring (bicyclic) bond motifs is 3. The first-order chi connectivity index (χ1) is 9.88. The van der Waals surface area contributed by atoms with Gasteiger partial charge < -0.3 is 10.3 Å². The van der Waals surface area contributed by atoms with Gasteiger partial charge >= 0.3 is 0 Å². The van der Waals surface area contributed by atoms with E-state index in [1.54, 1.807) is 0 Å². The predicted octanol–water partition coefficient (Wildman–Crippen LogP) is 4.25. The molecule has 2 nitrogen and oxygen atoms in total. The molecule has 20 heavy (non-hydrogen) atoms. The highest BCUT2D eigenvalue weighted by Crippen LogP contribution is 2.26. The van der Waals surface area contributed by atoms with E-state index in [9.17, 15) is 0 Å². The van der Waals surface area contributed by atoms with E-state index in [0.29, 0.717) is 0 Å². The Balaban J connectivity index is 1.77. The molecule has 3 aromatic rings. The van der Waals surface area contributed by atoms with Gasteiger partial charge in [0.25, 0.3) is 0 Å². The summed E-state index contributed by atoms with van der Waals surface area (Å²) in [5.74, 6) is 0. The summed E-state index contributed by atoms with van der Waals surface area (Å²) in [4.78, 5) is 3.48. The normalized spacial score (nSPS) is 11.4. The lowest BCUT2D eigenvalue weighted by molar-refractivity contribution is 0.641. The second-order valence-electron chi connectivity index (χ2n) is 5.36. The molecule has 2 N–H and O–H groups in total. The molecule has 0 aliphatic heterocycles. The minimum Gasteiger partial charge on any atom is -0.355 e. The second-order valence-corrected chi connectivity index (χ2v) is 5.36. The minimum atomic E-state index is 1.07. The molecule has 0 fully saturated rings. The Morgan fingerprint density at radius 3 is 2.70 bits per heavy atom. The lowest BCUT2D eigenvalue weighted by atomic mass is 10.0. The summed E-state index contributed by atoms with van der Waals surface area (Å²) in [6.07, 6.45) is 3.67. The van der Waals surface area contributed by atoms with E-state index >= 15 is 0 Å². The van der Waals surface area contributed by atoms with E-state index in [1.807, 2.05) is 0 Å². The molecule has 3 rings (SSSR count). The van der Waals surface area contributed by atoms with Crippen molar-refractivity contribution in [3.05, 3.63) is 48.0 Å². The largest absolute Gasteiger partial charge is 0.355 e. The van der Waals surface area contributed by atoms with Crippen LogP contribution in [0.5, 0.6) is 0 Å². The first-order valence-corrected chi connectivity index (χ1v) is 7.58. The van der Waals surface area contributed by atoms with Gasteiger partial charge in [-0.25, -0.2) is 0 Å². The number of H-pyrrole nitrogens is 1. The first kappa shape index (κ1) is 13.2. The molecule has 1 heterocycles. The molecule has 2 heteroatoms. The van der Waals surface area contributed by atoms with Crippen LogP contribution in [0.3, 0.4) is 0 Å². The highest BCUT2D eigenvalue weighted by Gasteiger charge is 2.04. The molecule has 0 atom stereocenters. The van der Waals surface area contributed by atoms with Crippen molar-refractivity contribution >= 4 is 21.8 Å². The van der Waals surface area contributed by atoms with Crippen LogP contribution in [-0.2, 0) is 6.42 Å². The van der Waals surface area contributed by atoms with E-state index < -0.39 is 0 Å². The maximum Gasteiger partial charge on any atom is 0.0465 e. The van der Waals surface area contributed by atoms with Crippen LogP contribution in [0.2, 0.25) is 0 Å². The fourth-order valence-electron chi connectivity index (χ4n) is 2.81. The molecule has 1 aromatic heterocycles. The van der Waals surface area contributed by atoms with Crippen molar-refractivity contribution in [1.29, 1.82) is 0 Å². The highest BCUT2D eigenvalue weighted by molar-refractivity contribution is 6.07. The van der Waals surface area contributed by atoms with Crippen LogP contribution in [0.25, 0.3) is 21.8 Å². The summed E-state index contributed by atoms with van der Waals surface area (Å²) in [6.45, 7) is 4.36. The number of aromatic nitrogens is 1. The second kappa shape index (κ2) is 6.10. The Kier molecular flexibility index (Phi) is 4.03. The van der Waals surface area contributed by atoms with Gasteiger partial charge in [-0.05, 0) is 56.1 Å². The van der Waals surface area contributed by atoms with Gasteiger partial charge in [0.1, 0.15) is 0 Å². The molecule has 0 saturated carbocycles. The number of hydrogen-bond donors (Lipinski definition) is 2. The van der Waals surface area contributed by atoms with E-state index in [4.69, 9.17) is 0 Å². The third kappa shape index (κ3) is 2.70. The van der Waals surface area contributed by atoms with Gasteiger partial charge in [0, 0.05) is 21.8 Å². The molecule has 0 bridgehead atoms. The number of aryl methyl sites for hydroxylation is 1. The van der Waals surface area contributed by atoms with Crippen LogP contribution in [0, 0.1) is 0 Å². The minimum absolute atomic E-state index is 1.07. The van der Waals surface area contributed by atoms with Crippen molar-refractivity contribution in [2.45, 2.75) is 26.2 Å². The number of unbranched alkanes of at least 4 members (excludes halogenated alkanes) is 1. The molecule has 104 valence electrons. The molecule has 0 unspecified atom stereocenters. The molecular weight excluding hydrogens is 244 g/mol. The monoisotopic (exact) mass is 266 g/mol. The zero-order valence-electron chi connectivity index (χ0n) is 12.1. The van der Waals surface area contributed by atoms with E-state index in [0.717, 1.165) is 13.1 Å². The predicted molar refractivity (Wildman–Crippen MR) is 87.3 cm³/mol. The quantitative estimate of drug-likeness (QED) is 0.641. The van der Waals surface area contributed by atoms with Crippen LogP contribution in [-0.4, -0.2) is 18.1 Å². The zero-order chi connectivity index (χ0) is 13.8. The van der Waals surface area contributed by atoms with E-state index in [-0.39, 0.29) is 0 Å². The maximum atomic E-state index is 3.48. The average molecular weight is 266 g/mol. The van der Waals surface area contributed by atoms with Crippen molar-refractivity contribution in [2.24, 2.45) is 0 Å². The topological polar surface area (TPSA) is 27.8 Å². The van der Waals surface area contributed by atoms with Crippen molar-refractivity contribution in [1.82, 2.24) is 10.3 Å². The first-order valence-electron chi connectivity index (χ1n) is 7.58. The van der Waals surface area contributed by atoms with Crippen LogP contribution in [0.1, 0.15) is 25.3 Å². The Labute approximate surface area is 120 Å². The Morgan fingerprint density at radius 2 is 1.80 bits per heavy atom. The zero-order valence-corrected chi connectivity index (χ0v) is 12.1. The number of nitrogens with one attached hydrogen (secondary N) is 2. The van der Waals surface area contributed by atoms with Crippen molar-refractivity contribution in [3.63, 3.8) is 0 Å². The number of aromatic amines is 1. The summed E-state index contributed by atoms with van der Waals surface area (Å²) in [5, 5.41) is 6.06. The van der Waals surface area contributed by atoms with Crippen LogP contribution >= 0.6 is 0 Å². The fourth-order valence-corrected chi connectivity index (χ4v) is 2.81. The molecule has 0 saturated heterocycles. The third-order valence-corrected chi connectivity index (χ3v) is 3.89. The summed E-state index contributed by atoms with van der Waals surface area (Å²) in [5.41, 5.74) is 3.91. The summed E-state index contributed by atoms with van der Waals surface area (Å²) in [7, 11) is 0. The maximum absolute atomic E-state index is 3.48.